The summed E-state index contributed by atoms with van der Waals surface area (Å²) in [5, 5.41) is 7.76. The summed E-state index contributed by atoms with van der Waals surface area (Å²) in [5.74, 6) is -1.06. The summed E-state index contributed by atoms with van der Waals surface area (Å²) in [6.45, 7) is 0. The van der Waals surface area contributed by atoms with Crippen LogP contribution in [0.5, 0.6) is 5.75 Å². The molecule has 4 rings (SSSR count). The fourth-order valence-corrected chi connectivity index (χ4v) is 2.94. The number of fused-ring (bicyclic) bond motifs is 1. The van der Waals surface area contributed by atoms with Crippen molar-refractivity contribution in [3.63, 3.8) is 0 Å². The SMILES string of the molecule is O=c1cnn(-c2ccc(OC(F)(F)F)cc2)c2cccc(-c3cc(C(F)F)on3)c12. The van der Waals surface area contributed by atoms with E-state index in [1.54, 1.807) is 12.1 Å². The molecule has 0 unspecified atom stereocenters. The number of rotatable bonds is 4. The van der Waals surface area contributed by atoms with Gasteiger partial charge in [0.2, 0.25) is 11.2 Å². The molecule has 0 atom stereocenters. The second-order valence-electron chi connectivity index (χ2n) is 6.08. The molecule has 0 saturated carbocycles. The zero-order valence-corrected chi connectivity index (χ0v) is 14.7. The van der Waals surface area contributed by atoms with Gasteiger partial charge in [-0.25, -0.2) is 13.5 Å². The fraction of sp³-hybridized carbons (Fsp3) is 0.105. The van der Waals surface area contributed by atoms with Crippen molar-refractivity contribution >= 4 is 10.9 Å². The normalized spacial score (nSPS) is 11.9. The van der Waals surface area contributed by atoms with E-state index in [0.717, 1.165) is 24.4 Å². The first-order valence-corrected chi connectivity index (χ1v) is 8.35. The lowest BCUT2D eigenvalue weighted by atomic mass is 10.1. The number of hydrogen-bond acceptors (Lipinski definition) is 5. The Labute approximate surface area is 164 Å². The third-order valence-electron chi connectivity index (χ3n) is 4.14. The molecule has 0 N–H and O–H groups in total. The molecule has 0 aliphatic carbocycles. The lowest BCUT2D eigenvalue weighted by Gasteiger charge is -2.12. The van der Waals surface area contributed by atoms with Crippen LogP contribution in [-0.4, -0.2) is 21.3 Å². The van der Waals surface area contributed by atoms with Crippen LogP contribution in [0.1, 0.15) is 12.2 Å². The van der Waals surface area contributed by atoms with Gasteiger partial charge in [-0.3, -0.25) is 4.79 Å². The van der Waals surface area contributed by atoms with Crippen LogP contribution in [0.2, 0.25) is 0 Å². The fourth-order valence-electron chi connectivity index (χ4n) is 2.94. The van der Waals surface area contributed by atoms with Gasteiger partial charge in [0.05, 0.1) is 22.8 Å². The molecule has 0 radical (unpaired) electrons. The number of aromatic nitrogens is 3. The van der Waals surface area contributed by atoms with Gasteiger partial charge in [-0.05, 0) is 30.3 Å². The summed E-state index contributed by atoms with van der Waals surface area (Å²) in [6, 6.07) is 10.5. The van der Waals surface area contributed by atoms with Crippen molar-refractivity contribution in [2.75, 3.05) is 0 Å². The predicted molar refractivity (Wildman–Crippen MR) is 94.5 cm³/mol. The van der Waals surface area contributed by atoms with Crippen LogP contribution in [-0.2, 0) is 0 Å². The van der Waals surface area contributed by atoms with Crippen molar-refractivity contribution < 1.29 is 31.2 Å². The van der Waals surface area contributed by atoms with Crippen molar-refractivity contribution in [3.05, 3.63) is 70.7 Å². The smallest absolute Gasteiger partial charge is 0.406 e. The lowest BCUT2D eigenvalue weighted by Crippen LogP contribution is -2.17. The monoisotopic (exact) mass is 423 g/mol. The van der Waals surface area contributed by atoms with Gasteiger partial charge in [0.1, 0.15) is 11.4 Å². The van der Waals surface area contributed by atoms with Crippen LogP contribution in [0.25, 0.3) is 27.8 Å². The van der Waals surface area contributed by atoms with Crippen molar-refractivity contribution in [1.29, 1.82) is 0 Å². The van der Waals surface area contributed by atoms with Crippen LogP contribution in [0.15, 0.2) is 64.0 Å². The minimum absolute atomic E-state index is 0.0414. The van der Waals surface area contributed by atoms with Gasteiger partial charge in [0, 0.05) is 11.6 Å². The van der Waals surface area contributed by atoms with Crippen LogP contribution < -0.4 is 10.2 Å². The third kappa shape index (κ3) is 3.73. The molecule has 2 aromatic carbocycles. The molecule has 0 fully saturated rings. The average Bonchev–Trinajstić information content (AvgIpc) is 3.18. The Morgan fingerprint density at radius 3 is 2.43 bits per heavy atom. The van der Waals surface area contributed by atoms with E-state index in [9.17, 15) is 26.7 Å². The molecule has 6 nitrogen and oxygen atoms in total. The first-order chi connectivity index (χ1) is 14.2. The van der Waals surface area contributed by atoms with Crippen molar-refractivity contribution in [2.45, 2.75) is 12.8 Å². The molecule has 0 spiro atoms. The largest absolute Gasteiger partial charge is 0.573 e. The molecule has 154 valence electrons. The first kappa shape index (κ1) is 19.6. The third-order valence-corrected chi connectivity index (χ3v) is 4.14. The minimum atomic E-state index is -4.83. The van der Waals surface area contributed by atoms with Crippen LogP contribution in [0.3, 0.4) is 0 Å². The number of halogens is 5. The maximum atomic E-state index is 12.8. The number of alkyl halides is 5. The molecule has 0 bridgehead atoms. The molecule has 30 heavy (non-hydrogen) atoms. The number of nitrogens with zero attached hydrogens (tertiary/aromatic N) is 3. The Bertz CT molecular complexity index is 1260. The summed E-state index contributed by atoms with van der Waals surface area (Å²) >= 11 is 0. The van der Waals surface area contributed by atoms with E-state index >= 15 is 0 Å². The van der Waals surface area contributed by atoms with Gasteiger partial charge in [0.25, 0.3) is 6.43 Å². The topological polar surface area (TPSA) is 70.2 Å². The van der Waals surface area contributed by atoms with Gasteiger partial charge < -0.3 is 9.26 Å². The Balaban J connectivity index is 1.83. The van der Waals surface area contributed by atoms with Crippen LogP contribution in [0, 0.1) is 0 Å². The molecule has 0 amide bonds. The number of hydrogen-bond donors (Lipinski definition) is 0. The summed E-state index contributed by atoms with van der Waals surface area (Å²) in [6.07, 6.45) is -6.68. The Kier molecular flexibility index (Phi) is 4.72. The quantitative estimate of drug-likeness (QED) is 0.438. The Hall–Kier alpha value is -3.76. The van der Waals surface area contributed by atoms with Crippen molar-refractivity contribution in [2.24, 2.45) is 0 Å². The summed E-state index contributed by atoms with van der Waals surface area (Å²) in [5.41, 5.74) is 0.447. The van der Waals surface area contributed by atoms with Gasteiger partial charge in [0.15, 0.2) is 0 Å². The minimum Gasteiger partial charge on any atom is -0.406 e. The Morgan fingerprint density at radius 2 is 1.80 bits per heavy atom. The molecule has 0 aliphatic rings. The summed E-state index contributed by atoms with van der Waals surface area (Å²) in [4.78, 5) is 12.5. The highest BCUT2D eigenvalue weighted by molar-refractivity contribution is 5.94. The van der Waals surface area contributed by atoms with E-state index in [4.69, 9.17) is 0 Å². The van der Waals surface area contributed by atoms with E-state index < -0.39 is 29.7 Å². The summed E-state index contributed by atoms with van der Waals surface area (Å²) in [7, 11) is 0. The highest BCUT2D eigenvalue weighted by Crippen LogP contribution is 2.30. The van der Waals surface area contributed by atoms with E-state index in [-0.39, 0.29) is 16.6 Å². The average molecular weight is 423 g/mol. The second-order valence-corrected chi connectivity index (χ2v) is 6.08. The first-order valence-electron chi connectivity index (χ1n) is 8.35. The lowest BCUT2D eigenvalue weighted by molar-refractivity contribution is -0.274. The molecular weight excluding hydrogens is 413 g/mol. The van der Waals surface area contributed by atoms with E-state index in [2.05, 4.69) is 19.5 Å². The zero-order chi connectivity index (χ0) is 21.5. The highest BCUT2D eigenvalue weighted by atomic mass is 19.4. The molecule has 11 heteroatoms. The molecule has 0 saturated heterocycles. The molecule has 2 aromatic heterocycles. The molecule has 4 aromatic rings. The molecule has 0 aliphatic heterocycles. The van der Waals surface area contributed by atoms with Crippen molar-refractivity contribution in [1.82, 2.24) is 14.9 Å². The molecule has 2 heterocycles. The highest BCUT2D eigenvalue weighted by Gasteiger charge is 2.31. The van der Waals surface area contributed by atoms with Crippen molar-refractivity contribution in [3.8, 4) is 22.7 Å². The van der Waals surface area contributed by atoms with Gasteiger partial charge in [-0.1, -0.05) is 17.3 Å². The number of ether oxygens (including phenoxy) is 1. The van der Waals surface area contributed by atoms with E-state index in [0.29, 0.717) is 11.2 Å². The van der Waals surface area contributed by atoms with Crippen LogP contribution in [0.4, 0.5) is 22.0 Å². The summed E-state index contributed by atoms with van der Waals surface area (Å²) < 4.78 is 72.4. The van der Waals surface area contributed by atoms with Gasteiger partial charge in [-0.15, -0.1) is 13.2 Å². The standard InChI is InChI=1S/C19H10F5N3O3/c20-18(21)16-8-13(26-30-16)12-2-1-3-14-17(12)15(28)9-25-27(14)10-4-6-11(7-5-10)29-19(22,23)24/h1-9,18H. The maximum Gasteiger partial charge on any atom is 0.573 e. The predicted octanol–water partition coefficient (Wildman–Crippen LogP) is 4.88. The Morgan fingerprint density at radius 1 is 1.07 bits per heavy atom. The van der Waals surface area contributed by atoms with Crippen LogP contribution >= 0.6 is 0 Å². The van der Waals surface area contributed by atoms with E-state index in [1.165, 1.54) is 22.9 Å². The van der Waals surface area contributed by atoms with Gasteiger partial charge >= 0.3 is 6.36 Å². The zero-order valence-electron chi connectivity index (χ0n) is 14.7. The maximum absolute atomic E-state index is 12.8. The second kappa shape index (κ2) is 7.25. The molecular formula is C19H10F5N3O3. The number of benzene rings is 2. The van der Waals surface area contributed by atoms with E-state index in [1.807, 2.05) is 0 Å². The van der Waals surface area contributed by atoms with Gasteiger partial charge in [-0.2, -0.15) is 5.10 Å².